The Morgan fingerprint density at radius 3 is 3.00 bits per heavy atom. The number of rotatable bonds is 6. The maximum Gasteiger partial charge on any atom is 0.0507 e. The van der Waals surface area contributed by atoms with Crippen molar-refractivity contribution in [3.63, 3.8) is 0 Å². The second-order valence-corrected chi connectivity index (χ2v) is 3.90. The molecule has 1 fully saturated rings. The summed E-state index contributed by atoms with van der Waals surface area (Å²) in [6.45, 7) is 7.02. The van der Waals surface area contributed by atoms with Gasteiger partial charge in [0.15, 0.2) is 0 Å². The van der Waals surface area contributed by atoms with Gasteiger partial charge in [0.05, 0.1) is 6.61 Å². The Balaban J connectivity index is 1.98. The zero-order chi connectivity index (χ0) is 9.52. The van der Waals surface area contributed by atoms with E-state index in [2.05, 4.69) is 12.2 Å². The zero-order valence-corrected chi connectivity index (χ0v) is 8.59. The number of nitrogens with two attached hydrogens (primary N) is 1. The molecule has 1 saturated heterocycles. The predicted molar refractivity (Wildman–Crippen MR) is 54.6 cm³/mol. The fourth-order valence-corrected chi connectivity index (χ4v) is 1.63. The first kappa shape index (κ1) is 11.0. The van der Waals surface area contributed by atoms with Crippen molar-refractivity contribution in [1.82, 2.24) is 5.32 Å². The van der Waals surface area contributed by atoms with Gasteiger partial charge in [-0.15, -0.1) is 0 Å². The van der Waals surface area contributed by atoms with Crippen LogP contribution in [-0.2, 0) is 4.74 Å². The third-order valence-corrected chi connectivity index (χ3v) is 2.80. The number of hydrogen-bond acceptors (Lipinski definition) is 3. The SMILES string of the molecule is CCC(CN)CNCC1CCOC1. The molecule has 0 aromatic rings. The minimum absolute atomic E-state index is 0.641. The maximum absolute atomic E-state index is 5.61. The lowest BCUT2D eigenvalue weighted by molar-refractivity contribution is 0.185. The molecule has 0 amide bonds. The second kappa shape index (κ2) is 6.35. The van der Waals surface area contributed by atoms with Crippen LogP contribution in [0.1, 0.15) is 19.8 Å². The molecule has 3 N–H and O–H groups in total. The summed E-state index contributed by atoms with van der Waals surface area (Å²) < 4.78 is 5.30. The molecule has 3 heteroatoms. The largest absolute Gasteiger partial charge is 0.381 e. The van der Waals surface area contributed by atoms with Gasteiger partial charge in [0.2, 0.25) is 0 Å². The van der Waals surface area contributed by atoms with Crippen LogP contribution in [-0.4, -0.2) is 32.8 Å². The van der Waals surface area contributed by atoms with Crippen LogP contribution in [0, 0.1) is 11.8 Å². The molecule has 0 aliphatic carbocycles. The third-order valence-electron chi connectivity index (χ3n) is 2.80. The van der Waals surface area contributed by atoms with Gasteiger partial charge in [-0.2, -0.15) is 0 Å². The van der Waals surface area contributed by atoms with Gasteiger partial charge in [-0.25, -0.2) is 0 Å². The van der Waals surface area contributed by atoms with Crippen molar-refractivity contribution in [1.29, 1.82) is 0 Å². The van der Waals surface area contributed by atoms with E-state index >= 15 is 0 Å². The molecule has 0 saturated carbocycles. The minimum atomic E-state index is 0.641. The molecule has 1 aliphatic heterocycles. The van der Waals surface area contributed by atoms with E-state index in [-0.39, 0.29) is 0 Å². The predicted octanol–water partition coefficient (Wildman–Crippen LogP) is 0.597. The van der Waals surface area contributed by atoms with E-state index in [0.717, 1.165) is 38.8 Å². The van der Waals surface area contributed by atoms with Crippen molar-refractivity contribution in [3.05, 3.63) is 0 Å². The van der Waals surface area contributed by atoms with Gasteiger partial charge in [-0.05, 0) is 31.3 Å². The summed E-state index contributed by atoms with van der Waals surface area (Å²) in [5, 5.41) is 3.47. The Labute approximate surface area is 81.0 Å². The van der Waals surface area contributed by atoms with E-state index < -0.39 is 0 Å². The second-order valence-electron chi connectivity index (χ2n) is 3.90. The summed E-state index contributed by atoms with van der Waals surface area (Å²) in [6, 6.07) is 0. The molecule has 2 atom stereocenters. The van der Waals surface area contributed by atoms with Gasteiger partial charge in [0.25, 0.3) is 0 Å². The van der Waals surface area contributed by atoms with Crippen molar-refractivity contribution in [2.45, 2.75) is 19.8 Å². The monoisotopic (exact) mass is 186 g/mol. The molecule has 0 spiro atoms. The molecule has 0 aromatic carbocycles. The van der Waals surface area contributed by atoms with Crippen molar-refractivity contribution in [2.75, 3.05) is 32.8 Å². The molecule has 1 aliphatic rings. The molecule has 0 radical (unpaired) electrons. The van der Waals surface area contributed by atoms with E-state index in [1.807, 2.05) is 0 Å². The van der Waals surface area contributed by atoms with E-state index in [9.17, 15) is 0 Å². The average molecular weight is 186 g/mol. The fourth-order valence-electron chi connectivity index (χ4n) is 1.63. The molecule has 2 unspecified atom stereocenters. The van der Waals surface area contributed by atoms with E-state index in [1.54, 1.807) is 0 Å². The highest BCUT2D eigenvalue weighted by atomic mass is 16.5. The number of nitrogens with one attached hydrogen (secondary N) is 1. The molecule has 1 rings (SSSR count). The zero-order valence-electron chi connectivity index (χ0n) is 8.59. The molecule has 0 bridgehead atoms. The third kappa shape index (κ3) is 4.07. The van der Waals surface area contributed by atoms with Crippen LogP contribution in [0.2, 0.25) is 0 Å². The van der Waals surface area contributed by atoms with Crippen LogP contribution in [0.5, 0.6) is 0 Å². The van der Waals surface area contributed by atoms with Crippen LogP contribution in [0.25, 0.3) is 0 Å². The van der Waals surface area contributed by atoms with Crippen LogP contribution in [0.4, 0.5) is 0 Å². The standard InChI is InChI=1S/C10H22N2O/c1-2-9(5-11)6-12-7-10-3-4-13-8-10/h9-10,12H,2-8,11H2,1H3. The van der Waals surface area contributed by atoms with Crippen LogP contribution >= 0.6 is 0 Å². The van der Waals surface area contributed by atoms with Gasteiger partial charge < -0.3 is 15.8 Å². The lowest BCUT2D eigenvalue weighted by atomic mass is 10.1. The van der Waals surface area contributed by atoms with Crippen molar-refractivity contribution in [3.8, 4) is 0 Å². The van der Waals surface area contributed by atoms with Crippen molar-refractivity contribution in [2.24, 2.45) is 17.6 Å². The van der Waals surface area contributed by atoms with Crippen LogP contribution < -0.4 is 11.1 Å². The van der Waals surface area contributed by atoms with E-state index in [0.29, 0.717) is 5.92 Å². The molecule has 0 aromatic heterocycles. The minimum Gasteiger partial charge on any atom is -0.381 e. The van der Waals surface area contributed by atoms with E-state index in [4.69, 9.17) is 10.5 Å². The summed E-state index contributed by atoms with van der Waals surface area (Å²) in [6.07, 6.45) is 2.39. The first-order valence-electron chi connectivity index (χ1n) is 5.35. The van der Waals surface area contributed by atoms with Gasteiger partial charge >= 0.3 is 0 Å². The molecule has 13 heavy (non-hydrogen) atoms. The Morgan fingerprint density at radius 1 is 1.62 bits per heavy atom. The molecule has 1 heterocycles. The van der Waals surface area contributed by atoms with Crippen molar-refractivity contribution < 1.29 is 4.74 Å². The lowest BCUT2D eigenvalue weighted by Crippen LogP contribution is -2.31. The van der Waals surface area contributed by atoms with Gasteiger partial charge in [0.1, 0.15) is 0 Å². The normalized spacial score (nSPS) is 24.9. The summed E-state index contributed by atoms with van der Waals surface area (Å²) in [5.41, 5.74) is 5.61. The topological polar surface area (TPSA) is 47.3 Å². The number of hydrogen-bond donors (Lipinski definition) is 2. The van der Waals surface area contributed by atoms with Crippen molar-refractivity contribution >= 4 is 0 Å². The molecule has 78 valence electrons. The summed E-state index contributed by atoms with van der Waals surface area (Å²) in [4.78, 5) is 0. The Morgan fingerprint density at radius 2 is 2.46 bits per heavy atom. The lowest BCUT2D eigenvalue weighted by Gasteiger charge is -2.15. The Hall–Kier alpha value is -0.120. The van der Waals surface area contributed by atoms with Crippen LogP contribution in [0.15, 0.2) is 0 Å². The highest BCUT2D eigenvalue weighted by molar-refractivity contribution is 4.68. The van der Waals surface area contributed by atoms with Gasteiger partial charge in [-0.1, -0.05) is 13.3 Å². The highest BCUT2D eigenvalue weighted by Crippen LogP contribution is 2.10. The highest BCUT2D eigenvalue weighted by Gasteiger charge is 2.15. The molecular formula is C10H22N2O. The Kier molecular flexibility index (Phi) is 5.35. The first-order valence-corrected chi connectivity index (χ1v) is 5.35. The smallest absolute Gasteiger partial charge is 0.0507 e. The fraction of sp³-hybridized carbons (Fsp3) is 1.00. The quantitative estimate of drug-likeness (QED) is 0.638. The summed E-state index contributed by atoms with van der Waals surface area (Å²) in [7, 11) is 0. The Bertz CT molecular complexity index is 118. The summed E-state index contributed by atoms with van der Waals surface area (Å²) in [5.74, 6) is 1.37. The molecule has 3 nitrogen and oxygen atoms in total. The summed E-state index contributed by atoms with van der Waals surface area (Å²) >= 11 is 0. The average Bonchev–Trinajstić information content (AvgIpc) is 2.65. The maximum atomic E-state index is 5.61. The van der Waals surface area contributed by atoms with Gasteiger partial charge in [-0.3, -0.25) is 0 Å². The molecular weight excluding hydrogens is 164 g/mol. The number of ether oxygens (including phenoxy) is 1. The van der Waals surface area contributed by atoms with Gasteiger partial charge in [0, 0.05) is 13.2 Å². The van der Waals surface area contributed by atoms with E-state index in [1.165, 1.54) is 12.8 Å². The first-order chi connectivity index (χ1) is 6.36. The van der Waals surface area contributed by atoms with Crippen LogP contribution in [0.3, 0.4) is 0 Å².